The van der Waals surface area contributed by atoms with E-state index in [1.807, 2.05) is 36.4 Å². The maximum Gasteiger partial charge on any atom is 0.270 e. The number of aliphatic hydroxyl groups is 1. The Morgan fingerprint density at radius 2 is 1.93 bits per heavy atom. The lowest BCUT2D eigenvalue weighted by molar-refractivity contribution is 0.0907. The van der Waals surface area contributed by atoms with Gasteiger partial charge in [-0.25, -0.2) is 4.68 Å². The van der Waals surface area contributed by atoms with Gasteiger partial charge in [-0.1, -0.05) is 18.2 Å². The van der Waals surface area contributed by atoms with Gasteiger partial charge in [-0.2, -0.15) is 5.10 Å². The molecule has 2 N–H and O–H groups in total. The molecule has 0 aliphatic heterocycles. The van der Waals surface area contributed by atoms with Crippen molar-refractivity contribution in [3.63, 3.8) is 0 Å². The Morgan fingerprint density at radius 3 is 2.60 bits per heavy atom. The molecular formula is C23H25N3O4. The van der Waals surface area contributed by atoms with Gasteiger partial charge in [-0.05, 0) is 49.2 Å². The van der Waals surface area contributed by atoms with Crippen molar-refractivity contribution in [2.75, 3.05) is 20.8 Å². The lowest BCUT2D eigenvalue weighted by Gasteiger charge is -2.17. The molecule has 1 saturated carbocycles. The summed E-state index contributed by atoms with van der Waals surface area (Å²) < 4.78 is 12.2. The van der Waals surface area contributed by atoms with Crippen LogP contribution in [0.15, 0.2) is 54.6 Å². The highest BCUT2D eigenvalue weighted by Gasteiger charge is 2.29. The third kappa shape index (κ3) is 4.16. The molecule has 1 heterocycles. The molecule has 1 atom stereocenters. The van der Waals surface area contributed by atoms with Gasteiger partial charge in [0.15, 0.2) is 0 Å². The fourth-order valence-electron chi connectivity index (χ4n) is 3.40. The average Bonchev–Trinajstić information content (AvgIpc) is 3.55. The number of nitrogens with one attached hydrogen (secondary N) is 1. The first-order valence-electron chi connectivity index (χ1n) is 9.94. The average molecular weight is 407 g/mol. The van der Waals surface area contributed by atoms with Crippen LogP contribution in [0.4, 0.5) is 0 Å². The number of methoxy groups -OCH3 is 2. The molecule has 1 aliphatic rings. The Morgan fingerprint density at radius 1 is 1.17 bits per heavy atom. The number of benzene rings is 2. The van der Waals surface area contributed by atoms with Crippen LogP contribution in [0.3, 0.4) is 0 Å². The maximum absolute atomic E-state index is 13.0. The summed E-state index contributed by atoms with van der Waals surface area (Å²) >= 11 is 0. The summed E-state index contributed by atoms with van der Waals surface area (Å²) in [6.45, 7) is 0.0289. The van der Waals surface area contributed by atoms with Gasteiger partial charge in [0.05, 0.1) is 25.6 Å². The van der Waals surface area contributed by atoms with Gasteiger partial charge < -0.3 is 19.9 Å². The molecule has 3 aromatic rings. The number of aliphatic hydroxyl groups excluding tert-OH is 1. The number of aromatic nitrogens is 2. The molecule has 4 rings (SSSR count). The normalized spacial score (nSPS) is 14.2. The number of ether oxygens (including phenoxy) is 2. The lowest BCUT2D eigenvalue weighted by Crippen LogP contribution is -2.30. The van der Waals surface area contributed by atoms with Gasteiger partial charge in [-0.15, -0.1) is 0 Å². The Hall–Kier alpha value is -3.32. The molecule has 1 aromatic heterocycles. The van der Waals surface area contributed by atoms with E-state index in [2.05, 4.69) is 10.4 Å². The van der Waals surface area contributed by atoms with Crippen molar-refractivity contribution >= 4 is 5.91 Å². The standard InChI is InChI=1S/C23H25N3O4/c1-29-17-10-11-22(30-2)18(12-17)21(27)14-24-23(28)20-13-19(15-8-9-15)25-26(20)16-6-4-3-5-7-16/h3-7,10-13,15,21,27H,8-9,14H2,1-2H3,(H,24,28). The fourth-order valence-corrected chi connectivity index (χ4v) is 3.40. The van der Waals surface area contributed by atoms with Crippen LogP contribution in [0.1, 0.15) is 46.6 Å². The second kappa shape index (κ2) is 8.59. The number of carbonyl (C=O) groups is 1. The van der Waals surface area contributed by atoms with Gasteiger partial charge in [0, 0.05) is 18.0 Å². The molecule has 0 spiro atoms. The monoisotopic (exact) mass is 407 g/mol. The van der Waals surface area contributed by atoms with E-state index in [9.17, 15) is 9.90 Å². The van der Waals surface area contributed by atoms with Gasteiger partial charge in [0.2, 0.25) is 0 Å². The Labute approximate surface area is 175 Å². The third-order valence-corrected chi connectivity index (χ3v) is 5.21. The van der Waals surface area contributed by atoms with Crippen LogP contribution in [0.2, 0.25) is 0 Å². The van der Waals surface area contributed by atoms with Crippen molar-refractivity contribution in [2.45, 2.75) is 24.9 Å². The summed E-state index contributed by atoms with van der Waals surface area (Å²) in [5.74, 6) is 1.27. The SMILES string of the molecule is COc1ccc(OC)c(C(O)CNC(=O)c2cc(C3CC3)nn2-c2ccccc2)c1. The predicted molar refractivity (Wildman–Crippen MR) is 112 cm³/mol. The molecule has 2 aromatic carbocycles. The predicted octanol–water partition coefficient (Wildman–Crippen LogP) is 3.23. The largest absolute Gasteiger partial charge is 0.497 e. The van der Waals surface area contributed by atoms with Crippen LogP contribution < -0.4 is 14.8 Å². The minimum atomic E-state index is -0.949. The second-order valence-corrected chi connectivity index (χ2v) is 7.31. The minimum absolute atomic E-state index is 0.0289. The van der Waals surface area contributed by atoms with E-state index in [0.29, 0.717) is 28.7 Å². The van der Waals surface area contributed by atoms with Crippen molar-refractivity contribution in [3.8, 4) is 17.2 Å². The van der Waals surface area contributed by atoms with Crippen LogP contribution in [-0.4, -0.2) is 41.6 Å². The number of amides is 1. The Kier molecular flexibility index (Phi) is 5.72. The molecular weight excluding hydrogens is 382 g/mol. The maximum atomic E-state index is 13.0. The summed E-state index contributed by atoms with van der Waals surface area (Å²) in [6.07, 6.45) is 1.25. The zero-order chi connectivity index (χ0) is 21.1. The number of nitrogens with zero attached hydrogens (tertiary/aromatic N) is 2. The van der Waals surface area contributed by atoms with E-state index in [0.717, 1.165) is 24.2 Å². The zero-order valence-corrected chi connectivity index (χ0v) is 17.0. The Bertz CT molecular complexity index is 1030. The van der Waals surface area contributed by atoms with Crippen molar-refractivity contribution < 1.29 is 19.4 Å². The molecule has 1 amide bonds. The third-order valence-electron chi connectivity index (χ3n) is 5.21. The van der Waals surface area contributed by atoms with Crippen LogP contribution in [0.5, 0.6) is 11.5 Å². The van der Waals surface area contributed by atoms with E-state index >= 15 is 0 Å². The summed E-state index contributed by atoms with van der Waals surface area (Å²) in [5.41, 5.74) is 2.75. The van der Waals surface area contributed by atoms with E-state index in [-0.39, 0.29) is 12.5 Å². The van der Waals surface area contributed by atoms with E-state index in [4.69, 9.17) is 9.47 Å². The molecule has 0 bridgehead atoms. The summed E-state index contributed by atoms with van der Waals surface area (Å²) in [4.78, 5) is 13.0. The molecule has 0 radical (unpaired) electrons. The van der Waals surface area contributed by atoms with Gasteiger partial charge >= 0.3 is 0 Å². The number of hydrogen-bond donors (Lipinski definition) is 2. The summed E-state index contributed by atoms with van der Waals surface area (Å²) in [7, 11) is 3.09. The van der Waals surface area contributed by atoms with Crippen LogP contribution >= 0.6 is 0 Å². The number of rotatable bonds is 8. The van der Waals surface area contributed by atoms with Gasteiger partial charge in [0.1, 0.15) is 23.3 Å². The Balaban J connectivity index is 1.53. The zero-order valence-electron chi connectivity index (χ0n) is 17.0. The first-order chi connectivity index (χ1) is 14.6. The fraction of sp³-hybridized carbons (Fsp3) is 0.304. The first-order valence-corrected chi connectivity index (χ1v) is 9.94. The number of para-hydroxylation sites is 1. The highest BCUT2D eigenvalue weighted by atomic mass is 16.5. The second-order valence-electron chi connectivity index (χ2n) is 7.31. The van der Waals surface area contributed by atoms with Crippen molar-refractivity contribution in [2.24, 2.45) is 0 Å². The highest BCUT2D eigenvalue weighted by molar-refractivity contribution is 5.93. The smallest absolute Gasteiger partial charge is 0.270 e. The molecule has 1 aliphatic carbocycles. The lowest BCUT2D eigenvalue weighted by atomic mass is 10.1. The van der Waals surface area contributed by atoms with Gasteiger partial charge in [-0.3, -0.25) is 4.79 Å². The molecule has 1 fully saturated rings. The molecule has 156 valence electrons. The first kappa shape index (κ1) is 20.0. The summed E-state index contributed by atoms with van der Waals surface area (Å²) in [5, 5.41) is 18.1. The molecule has 7 heteroatoms. The van der Waals surface area contributed by atoms with Crippen molar-refractivity contribution in [1.82, 2.24) is 15.1 Å². The highest BCUT2D eigenvalue weighted by Crippen LogP contribution is 2.39. The van der Waals surface area contributed by atoms with Gasteiger partial charge in [0.25, 0.3) is 5.91 Å². The molecule has 7 nitrogen and oxygen atoms in total. The molecule has 30 heavy (non-hydrogen) atoms. The van der Waals surface area contributed by atoms with E-state index in [1.165, 1.54) is 7.11 Å². The number of carbonyl (C=O) groups excluding carboxylic acids is 1. The van der Waals surface area contributed by atoms with Crippen LogP contribution in [0, 0.1) is 0 Å². The molecule has 1 unspecified atom stereocenters. The van der Waals surface area contributed by atoms with E-state index in [1.54, 1.807) is 30.0 Å². The van der Waals surface area contributed by atoms with Crippen LogP contribution in [0.25, 0.3) is 5.69 Å². The topological polar surface area (TPSA) is 85.6 Å². The van der Waals surface area contributed by atoms with Crippen LogP contribution in [-0.2, 0) is 0 Å². The number of hydrogen-bond acceptors (Lipinski definition) is 5. The quantitative estimate of drug-likeness (QED) is 0.599. The summed E-state index contributed by atoms with van der Waals surface area (Å²) in [6, 6.07) is 16.6. The minimum Gasteiger partial charge on any atom is -0.497 e. The van der Waals surface area contributed by atoms with Crippen molar-refractivity contribution in [1.29, 1.82) is 0 Å². The van der Waals surface area contributed by atoms with E-state index < -0.39 is 6.10 Å². The van der Waals surface area contributed by atoms with Crippen molar-refractivity contribution in [3.05, 3.63) is 71.5 Å². The molecule has 0 saturated heterocycles.